The second-order valence-corrected chi connectivity index (χ2v) is 3.27. The van der Waals surface area contributed by atoms with Gasteiger partial charge < -0.3 is 21.5 Å². The minimum absolute atomic E-state index is 0.0873. The van der Waals surface area contributed by atoms with Crippen molar-refractivity contribution in [3.8, 4) is 0 Å². The van der Waals surface area contributed by atoms with Gasteiger partial charge in [-0.25, -0.2) is 0 Å². The van der Waals surface area contributed by atoms with Gasteiger partial charge in [-0.05, 0) is 5.56 Å². The molecule has 0 radical (unpaired) electrons. The summed E-state index contributed by atoms with van der Waals surface area (Å²) in [7, 11) is 0. The Hall–Kier alpha value is -1.43. The van der Waals surface area contributed by atoms with Crippen molar-refractivity contribution in [3.63, 3.8) is 0 Å². The minimum Gasteiger partial charge on any atom is -0.362 e. The number of carbonyl (C=O) groups excluding carboxylic acids is 1. The Bertz CT molecular complexity index is 316. The summed E-state index contributed by atoms with van der Waals surface area (Å²) in [5, 5.41) is 2.47. The van der Waals surface area contributed by atoms with Crippen LogP contribution in [0.3, 0.4) is 0 Å². The molecular weight excluding hydrogens is 206 g/mol. The average Bonchev–Trinajstić information content (AvgIpc) is 2.31. The Morgan fingerprint density at radius 3 is 2.56 bits per heavy atom. The standard InChI is InChI=1S/C11H17N3O2/c12-6-10(11(15)14-8-13)16-7-9-4-2-1-3-5-9/h1-5,10H,6-8,12-13H2,(H,14,15). The van der Waals surface area contributed by atoms with Crippen molar-refractivity contribution in [3.05, 3.63) is 35.9 Å². The van der Waals surface area contributed by atoms with Crippen LogP contribution in [0.15, 0.2) is 30.3 Å². The zero-order valence-corrected chi connectivity index (χ0v) is 9.06. The number of hydrogen-bond acceptors (Lipinski definition) is 4. The molecule has 1 aromatic carbocycles. The Kier molecular flexibility index (Phi) is 5.49. The van der Waals surface area contributed by atoms with E-state index in [1.54, 1.807) is 0 Å². The maximum absolute atomic E-state index is 11.4. The molecule has 1 rings (SSSR count). The summed E-state index contributed by atoms with van der Waals surface area (Å²) in [6.07, 6.45) is -0.649. The van der Waals surface area contributed by atoms with Crippen molar-refractivity contribution >= 4 is 5.91 Å². The number of hydrogen-bond donors (Lipinski definition) is 3. The summed E-state index contributed by atoms with van der Waals surface area (Å²) in [4.78, 5) is 11.4. The van der Waals surface area contributed by atoms with Gasteiger partial charge in [-0.2, -0.15) is 0 Å². The first-order chi connectivity index (χ1) is 7.77. The van der Waals surface area contributed by atoms with E-state index < -0.39 is 6.10 Å². The van der Waals surface area contributed by atoms with E-state index in [9.17, 15) is 4.79 Å². The smallest absolute Gasteiger partial charge is 0.251 e. The summed E-state index contributed by atoms with van der Waals surface area (Å²) < 4.78 is 5.40. The summed E-state index contributed by atoms with van der Waals surface area (Å²) in [5.41, 5.74) is 11.6. The number of ether oxygens (including phenoxy) is 1. The quantitative estimate of drug-likeness (QED) is 0.570. The number of amides is 1. The average molecular weight is 223 g/mol. The Balaban J connectivity index is 2.43. The lowest BCUT2D eigenvalue weighted by molar-refractivity contribution is -0.132. The third-order valence-electron chi connectivity index (χ3n) is 2.08. The lowest BCUT2D eigenvalue weighted by atomic mass is 10.2. The molecule has 1 amide bonds. The van der Waals surface area contributed by atoms with Crippen LogP contribution in [0.1, 0.15) is 5.56 Å². The highest BCUT2D eigenvalue weighted by molar-refractivity contribution is 5.80. The Labute approximate surface area is 94.8 Å². The molecule has 0 saturated carbocycles. The van der Waals surface area contributed by atoms with E-state index in [0.717, 1.165) is 5.56 Å². The molecule has 1 unspecified atom stereocenters. The van der Waals surface area contributed by atoms with Crippen molar-refractivity contribution < 1.29 is 9.53 Å². The van der Waals surface area contributed by atoms with E-state index >= 15 is 0 Å². The van der Waals surface area contributed by atoms with Crippen molar-refractivity contribution in [2.45, 2.75) is 12.7 Å². The third-order valence-corrected chi connectivity index (χ3v) is 2.08. The maximum Gasteiger partial charge on any atom is 0.251 e. The van der Waals surface area contributed by atoms with Crippen LogP contribution >= 0.6 is 0 Å². The molecule has 5 N–H and O–H groups in total. The Morgan fingerprint density at radius 2 is 2.00 bits per heavy atom. The fraction of sp³-hybridized carbons (Fsp3) is 0.364. The zero-order chi connectivity index (χ0) is 11.8. The normalized spacial score (nSPS) is 12.1. The topological polar surface area (TPSA) is 90.4 Å². The summed E-state index contributed by atoms with van der Waals surface area (Å²) >= 11 is 0. The van der Waals surface area contributed by atoms with E-state index in [1.165, 1.54) is 0 Å². The number of carbonyl (C=O) groups is 1. The molecule has 0 fully saturated rings. The molecule has 88 valence electrons. The zero-order valence-electron chi connectivity index (χ0n) is 9.06. The summed E-state index contributed by atoms with van der Waals surface area (Å²) in [6.45, 7) is 0.587. The van der Waals surface area contributed by atoms with E-state index in [1.807, 2.05) is 30.3 Å². The lowest BCUT2D eigenvalue weighted by Gasteiger charge is -2.15. The Morgan fingerprint density at radius 1 is 1.31 bits per heavy atom. The predicted molar refractivity (Wildman–Crippen MR) is 61.3 cm³/mol. The molecule has 0 aliphatic carbocycles. The number of rotatable bonds is 6. The molecule has 0 saturated heterocycles. The van der Waals surface area contributed by atoms with Crippen molar-refractivity contribution in [1.29, 1.82) is 0 Å². The minimum atomic E-state index is -0.649. The second kappa shape index (κ2) is 6.95. The first-order valence-corrected chi connectivity index (χ1v) is 5.11. The molecule has 0 spiro atoms. The van der Waals surface area contributed by atoms with E-state index in [4.69, 9.17) is 16.2 Å². The van der Waals surface area contributed by atoms with Crippen molar-refractivity contribution in [2.75, 3.05) is 13.2 Å². The lowest BCUT2D eigenvalue weighted by Crippen LogP contribution is -2.43. The van der Waals surface area contributed by atoms with Gasteiger partial charge in [0, 0.05) is 6.54 Å². The fourth-order valence-corrected chi connectivity index (χ4v) is 1.24. The van der Waals surface area contributed by atoms with Gasteiger partial charge in [0.05, 0.1) is 13.3 Å². The van der Waals surface area contributed by atoms with Crippen molar-refractivity contribution in [1.82, 2.24) is 5.32 Å². The van der Waals surface area contributed by atoms with Crippen molar-refractivity contribution in [2.24, 2.45) is 11.5 Å². The molecule has 5 nitrogen and oxygen atoms in total. The predicted octanol–water partition coefficient (Wildman–Crippen LogP) is -0.437. The maximum atomic E-state index is 11.4. The monoisotopic (exact) mass is 223 g/mol. The summed E-state index contributed by atoms with van der Waals surface area (Å²) in [5.74, 6) is -0.277. The molecule has 5 heteroatoms. The van der Waals surface area contributed by atoms with Gasteiger partial charge in [0.25, 0.3) is 5.91 Å². The molecule has 1 aromatic rings. The molecule has 0 aliphatic rings. The van der Waals surface area contributed by atoms with Gasteiger partial charge in [0.1, 0.15) is 6.10 Å². The number of nitrogens with one attached hydrogen (secondary N) is 1. The van der Waals surface area contributed by atoms with Gasteiger partial charge in [-0.3, -0.25) is 4.79 Å². The third kappa shape index (κ3) is 3.98. The SMILES string of the molecule is NCNC(=O)C(CN)OCc1ccccc1. The van der Waals surface area contributed by atoms with Gasteiger partial charge in [0.15, 0.2) is 0 Å². The van der Waals surface area contributed by atoms with Gasteiger partial charge in [-0.1, -0.05) is 30.3 Å². The molecule has 0 aromatic heterocycles. The first kappa shape index (κ1) is 12.6. The van der Waals surface area contributed by atoms with Crippen LogP contribution in [0.25, 0.3) is 0 Å². The molecule has 16 heavy (non-hydrogen) atoms. The van der Waals surface area contributed by atoms with E-state index in [2.05, 4.69) is 5.32 Å². The molecule has 0 bridgehead atoms. The highest BCUT2D eigenvalue weighted by Crippen LogP contribution is 2.02. The van der Waals surface area contributed by atoms with Crippen LogP contribution < -0.4 is 16.8 Å². The van der Waals surface area contributed by atoms with Crippen LogP contribution in [-0.4, -0.2) is 25.2 Å². The van der Waals surface area contributed by atoms with Gasteiger partial charge in [0.2, 0.25) is 0 Å². The second-order valence-electron chi connectivity index (χ2n) is 3.27. The van der Waals surface area contributed by atoms with Crippen LogP contribution in [-0.2, 0) is 16.1 Å². The molecule has 1 atom stereocenters. The highest BCUT2D eigenvalue weighted by Gasteiger charge is 2.16. The van der Waals surface area contributed by atoms with Gasteiger partial charge in [-0.15, -0.1) is 0 Å². The summed E-state index contributed by atoms with van der Waals surface area (Å²) in [6, 6.07) is 9.60. The number of nitrogens with two attached hydrogens (primary N) is 2. The van der Waals surface area contributed by atoms with Crippen LogP contribution in [0.5, 0.6) is 0 Å². The molecular formula is C11H17N3O2. The fourth-order valence-electron chi connectivity index (χ4n) is 1.24. The largest absolute Gasteiger partial charge is 0.362 e. The van der Waals surface area contributed by atoms with Gasteiger partial charge >= 0.3 is 0 Å². The van der Waals surface area contributed by atoms with Crippen LogP contribution in [0.4, 0.5) is 0 Å². The number of benzene rings is 1. The molecule has 0 aliphatic heterocycles. The van der Waals surface area contributed by atoms with Crippen LogP contribution in [0.2, 0.25) is 0 Å². The molecule has 0 heterocycles. The van der Waals surface area contributed by atoms with E-state index in [0.29, 0.717) is 6.61 Å². The highest BCUT2D eigenvalue weighted by atomic mass is 16.5. The van der Waals surface area contributed by atoms with E-state index in [-0.39, 0.29) is 19.1 Å². The first-order valence-electron chi connectivity index (χ1n) is 5.11. The van der Waals surface area contributed by atoms with Crippen LogP contribution in [0, 0.1) is 0 Å².